The maximum atomic E-state index is 12.3. The van der Waals surface area contributed by atoms with Crippen molar-refractivity contribution >= 4 is 23.3 Å². The van der Waals surface area contributed by atoms with Gasteiger partial charge in [-0.2, -0.15) is 0 Å². The van der Waals surface area contributed by atoms with E-state index >= 15 is 0 Å². The van der Waals surface area contributed by atoms with Crippen LogP contribution in [0, 0.1) is 0 Å². The number of anilines is 1. The van der Waals surface area contributed by atoms with Gasteiger partial charge in [0.2, 0.25) is 0 Å². The Morgan fingerprint density at radius 1 is 1.60 bits per heavy atom. The van der Waals surface area contributed by atoms with Gasteiger partial charge >= 0.3 is 0 Å². The first-order valence-corrected chi connectivity index (χ1v) is 7.38. The second-order valence-electron chi connectivity index (χ2n) is 5.01. The molecule has 1 saturated heterocycles. The number of nitrogens with one attached hydrogen (secondary N) is 2. The normalized spacial score (nSPS) is 19.6. The molecule has 2 N–H and O–H groups in total. The highest BCUT2D eigenvalue weighted by Crippen LogP contribution is 2.18. The lowest BCUT2D eigenvalue weighted by Crippen LogP contribution is -2.47. The molecule has 1 atom stereocenters. The van der Waals surface area contributed by atoms with Gasteiger partial charge in [-0.3, -0.25) is 4.79 Å². The Morgan fingerprint density at radius 3 is 3.10 bits per heavy atom. The smallest absolute Gasteiger partial charge is 0.253 e. The monoisotopic (exact) mass is 296 g/mol. The fraction of sp³-hybridized carbons (Fsp3) is 0.571. The summed E-state index contributed by atoms with van der Waals surface area (Å²) < 4.78 is 0. The van der Waals surface area contributed by atoms with Crippen LogP contribution in [-0.2, 0) is 0 Å². The van der Waals surface area contributed by atoms with E-state index < -0.39 is 0 Å². The summed E-state index contributed by atoms with van der Waals surface area (Å²) in [5.41, 5.74) is 0.472. The third-order valence-electron chi connectivity index (χ3n) is 3.64. The molecule has 20 heavy (non-hydrogen) atoms. The van der Waals surface area contributed by atoms with E-state index in [4.69, 9.17) is 11.6 Å². The maximum Gasteiger partial charge on any atom is 0.253 e. The SMILES string of the molecule is CCN1CCCC(NC(=O)c2cc(NC)ncc2Cl)C1. The molecule has 5 nitrogen and oxygen atoms in total. The van der Waals surface area contributed by atoms with Crippen LogP contribution in [0.25, 0.3) is 0 Å². The highest BCUT2D eigenvalue weighted by molar-refractivity contribution is 6.33. The van der Waals surface area contributed by atoms with E-state index in [0.717, 1.165) is 32.5 Å². The van der Waals surface area contributed by atoms with E-state index in [1.165, 1.54) is 6.20 Å². The standard InChI is InChI=1S/C14H21ClN4O/c1-3-19-6-4-5-10(9-19)18-14(20)11-7-13(16-2)17-8-12(11)15/h7-8,10H,3-6,9H2,1-2H3,(H,16,17)(H,18,20). The molecule has 2 rings (SSSR count). The van der Waals surface area contributed by atoms with Gasteiger partial charge < -0.3 is 15.5 Å². The molecule has 1 aromatic heterocycles. The first kappa shape index (κ1) is 15.1. The summed E-state index contributed by atoms with van der Waals surface area (Å²) in [5.74, 6) is 0.509. The zero-order valence-corrected chi connectivity index (χ0v) is 12.7. The number of likely N-dealkylation sites (tertiary alicyclic amines) is 1. The van der Waals surface area contributed by atoms with Crippen LogP contribution < -0.4 is 10.6 Å². The molecule has 0 bridgehead atoms. The highest BCUT2D eigenvalue weighted by Gasteiger charge is 2.22. The average Bonchev–Trinajstić information content (AvgIpc) is 2.47. The summed E-state index contributed by atoms with van der Waals surface area (Å²) in [4.78, 5) is 18.8. The number of hydrogen-bond donors (Lipinski definition) is 2. The summed E-state index contributed by atoms with van der Waals surface area (Å²) in [6.07, 6.45) is 3.63. The van der Waals surface area contributed by atoms with Crippen LogP contribution in [0.2, 0.25) is 5.02 Å². The molecule has 1 fully saturated rings. The average molecular weight is 297 g/mol. The van der Waals surface area contributed by atoms with E-state index in [1.54, 1.807) is 13.1 Å². The molecule has 1 aliphatic rings. The lowest BCUT2D eigenvalue weighted by Gasteiger charge is -2.32. The number of rotatable bonds is 4. The lowest BCUT2D eigenvalue weighted by molar-refractivity contribution is 0.0906. The predicted molar refractivity (Wildman–Crippen MR) is 81.4 cm³/mol. The van der Waals surface area contributed by atoms with Gasteiger partial charge in [0.15, 0.2) is 0 Å². The van der Waals surface area contributed by atoms with Crippen molar-refractivity contribution in [3.8, 4) is 0 Å². The van der Waals surface area contributed by atoms with Gasteiger partial charge in [0.1, 0.15) is 5.82 Å². The summed E-state index contributed by atoms with van der Waals surface area (Å²) in [7, 11) is 1.76. The quantitative estimate of drug-likeness (QED) is 0.892. The molecular formula is C14H21ClN4O. The van der Waals surface area contributed by atoms with Crippen molar-refractivity contribution in [2.24, 2.45) is 0 Å². The number of hydrogen-bond acceptors (Lipinski definition) is 4. The van der Waals surface area contributed by atoms with E-state index in [1.807, 2.05) is 0 Å². The number of carbonyl (C=O) groups excluding carboxylic acids is 1. The number of pyridine rings is 1. The molecule has 1 aliphatic heterocycles. The lowest BCUT2D eigenvalue weighted by atomic mass is 10.1. The van der Waals surface area contributed by atoms with Gasteiger partial charge in [0.05, 0.1) is 10.6 Å². The van der Waals surface area contributed by atoms with Crippen LogP contribution in [0.5, 0.6) is 0 Å². The van der Waals surface area contributed by atoms with Crippen LogP contribution in [0.3, 0.4) is 0 Å². The Balaban J connectivity index is 2.04. The van der Waals surface area contributed by atoms with Crippen molar-refractivity contribution < 1.29 is 4.79 Å². The summed E-state index contributed by atoms with van der Waals surface area (Å²) >= 11 is 6.06. The molecular weight excluding hydrogens is 276 g/mol. The second kappa shape index (κ2) is 6.90. The Morgan fingerprint density at radius 2 is 2.40 bits per heavy atom. The minimum absolute atomic E-state index is 0.128. The molecule has 1 amide bonds. The topological polar surface area (TPSA) is 57.3 Å². The first-order chi connectivity index (χ1) is 9.63. The van der Waals surface area contributed by atoms with Gasteiger partial charge in [-0.1, -0.05) is 18.5 Å². The van der Waals surface area contributed by atoms with Crippen molar-refractivity contribution in [2.45, 2.75) is 25.8 Å². The zero-order chi connectivity index (χ0) is 14.5. The zero-order valence-electron chi connectivity index (χ0n) is 11.9. The van der Waals surface area contributed by atoms with Crippen LogP contribution in [-0.4, -0.2) is 48.5 Å². The Labute approximate surface area is 124 Å². The van der Waals surface area contributed by atoms with Crippen molar-refractivity contribution in [2.75, 3.05) is 32.0 Å². The highest BCUT2D eigenvalue weighted by atomic mass is 35.5. The molecule has 0 radical (unpaired) electrons. The van der Waals surface area contributed by atoms with Gasteiger partial charge in [-0.25, -0.2) is 4.98 Å². The molecule has 0 aromatic carbocycles. The summed E-state index contributed by atoms with van der Waals surface area (Å²) in [6.45, 7) is 5.18. The van der Waals surface area contributed by atoms with Gasteiger partial charge in [0.25, 0.3) is 5.91 Å². The molecule has 6 heteroatoms. The van der Waals surface area contributed by atoms with Crippen molar-refractivity contribution in [3.05, 3.63) is 22.8 Å². The van der Waals surface area contributed by atoms with Gasteiger partial charge in [-0.05, 0) is 32.0 Å². The molecule has 0 saturated carbocycles. The number of nitrogens with zero attached hydrogens (tertiary/aromatic N) is 2. The summed E-state index contributed by atoms with van der Waals surface area (Å²) in [6, 6.07) is 1.87. The molecule has 1 aromatic rings. The van der Waals surface area contributed by atoms with E-state index in [2.05, 4.69) is 27.4 Å². The number of halogens is 1. The van der Waals surface area contributed by atoms with E-state index in [-0.39, 0.29) is 11.9 Å². The largest absolute Gasteiger partial charge is 0.373 e. The predicted octanol–water partition coefficient (Wildman–Crippen LogP) is 1.99. The number of piperidine rings is 1. The molecule has 1 unspecified atom stereocenters. The maximum absolute atomic E-state index is 12.3. The number of likely N-dealkylation sites (N-methyl/N-ethyl adjacent to an activating group) is 1. The van der Waals surface area contributed by atoms with Gasteiger partial charge in [-0.15, -0.1) is 0 Å². The molecule has 0 aliphatic carbocycles. The number of aromatic nitrogens is 1. The van der Waals surface area contributed by atoms with Gasteiger partial charge in [0, 0.05) is 25.8 Å². The Bertz CT molecular complexity index is 480. The van der Waals surface area contributed by atoms with Crippen LogP contribution in [0.4, 0.5) is 5.82 Å². The second-order valence-corrected chi connectivity index (χ2v) is 5.41. The fourth-order valence-electron chi connectivity index (χ4n) is 2.47. The van der Waals surface area contributed by atoms with E-state index in [0.29, 0.717) is 16.4 Å². The van der Waals surface area contributed by atoms with Crippen molar-refractivity contribution in [3.63, 3.8) is 0 Å². The third-order valence-corrected chi connectivity index (χ3v) is 3.95. The minimum atomic E-state index is -0.128. The van der Waals surface area contributed by atoms with Crippen LogP contribution in [0.1, 0.15) is 30.1 Å². The third kappa shape index (κ3) is 3.61. The first-order valence-electron chi connectivity index (χ1n) is 7.00. The van der Waals surface area contributed by atoms with Crippen LogP contribution >= 0.6 is 11.6 Å². The molecule has 110 valence electrons. The Hall–Kier alpha value is -1.33. The van der Waals surface area contributed by atoms with Crippen molar-refractivity contribution in [1.82, 2.24) is 15.2 Å². The van der Waals surface area contributed by atoms with Crippen molar-refractivity contribution in [1.29, 1.82) is 0 Å². The molecule has 2 heterocycles. The molecule has 0 spiro atoms. The fourth-order valence-corrected chi connectivity index (χ4v) is 2.66. The number of amides is 1. The Kier molecular flexibility index (Phi) is 5.20. The summed E-state index contributed by atoms with van der Waals surface area (Å²) in [5, 5.41) is 6.36. The number of carbonyl (C=O) groups is 1. The van der Waals surface area contributed by atoms with E-state index in [9.17, 15) is 4.79 Å². The minimum Gasteiger partial charge on any atom is -0.373 e. The van der Waals surface area contributed by atoms with Crippen LogP contribution in [0.15, 0.2) is 12.3 Å².